The van der Waals surface area contributed by atoms with Gasteiger partial charge < -0.3 is 14.4 Å². The van der Waals surface area contributed by atoms with Crippen molar-refractivity contribution in [2.75, 3.05) is 32.2 Å². The highest BCUT2D eigenvalue weighted by Gasteiger charge is 2.08. The van der Waals surface area contributed by atoms with Gasteiger partial charge >= 0.3 is 0 Å². The van der Waals surface area contributed by atoms with Gasteiger partial charge in [-0.05, 0) is 89.7 Å². The summed E-state index contributed by atoms with van der Waals surface area (Å²) in [6.45, 7) is 6.41. The van der Waals surface area contributed by atoms with E-state index < -0.39 is 0 Å². The molecule has 3 nitrogen and oxygen atoms in total. The standard InChI is InChI=1S/C34H35NO2/c1-5-35(6-2)31-21-19-27(20-22-31)14-13-26-15-17-28(18-16-26)23-34(29-9-7-11-32(24-29)36-3)30-10-8-12-33(25-30)37-4/h7-25H,5-6H2,1-4H3. The molecule has 0 saturated carbocycles. The molecule has 0 radical (unpaired) electrons. The summed E-state index contributed by atoms with van der Waals surface area (Å²) >= 11 is 0. The van der Waals surface area contributed by atoms with Crippen molar-refractivity contribution in [2.24, 2.45) is 0 Å². The number of rotatable bonds is 10. The number of ether oxygens (including phenoxy) is 2. The SMILES string of the molecule is CCN(CC)c1ccc(C=Cc2ccc(C=C(c3cccc(OC)c3)c3cccc(OC)c3)cc2)cc1. The number of methoxy groups -OCH3 is 2. The molecule has 0 N–H and O–H groups in total. The second kappa shape index (κ2) is 12.6. The third kappa shape index (κ3) is 6.71. The zero-order chi connectivity index (χ0) is 26.0. The summed E-state index contributed by atoms with van der Waals surface area (Å²) in [6, 6.07) is 33.7. The van der Waals surface area contributed by atoms with E-state index in [2.05, 4.69) is 110 Å². The van der Waals surface area contributed by atoms with E-state index in [1.54, 1.807) is 14.2 Å². The minimum absolute atomic E-state index is 0.830. The lowest BCUT2D eigenvalue weighted by Gasteiger charge is -2.20. The Hall–Kier alpha value is -4.24. The fourth-order valence-corrected chi connectivity index (χ4v) is 4.36. The van der Waals surface area contributed by atoms with Gasteiger partial charge in [0.25, 0.3) is 0 Å². The van der Waals surface area contributed by atoms with E-state index in [0.717, 1.165) is 52.4 Å². The Kier molecular flexibility index (Phi) is 8.83. The Morgan fingerprint density at radius 2 is 1.08 bits per heavy atom. The van der Waals surface area contributed by atoms with Gasteiger partial charge in [0.15, 0.2) is 0 Å². The molecule has 4 aromatic rings. The quantitative estimate of drug-likeness (QED) is 0.209. The fraction of sp³-hybridized carbons (Fsp3) is 0.176. The number of nitrogens with zero attached hydrogens (tertiary/aromatic N) is 1. The van der Waals surface area contributed by atoms with Crippen LogP contribution in [0.3, 0.4) is 0 Å². The molecular formula is C34H35NO2. The number of benzene rings is 4. The van der Waals surface area contributed by atoms with Crippen molar-refractivity contribution in [3.8, 4) is 11.5 Å². The third-order valence-corrected chi connectivity index (χ3v) is 6.50. The van der Waals surface area contributed by atoms with Gasteiger partial charge in [-0.15, -0.1) is 0 Å². The molecule has 0 heterocycles. The second-order valence-electron chi connectivity index (χ2n) is 8.79. The Morgan fingerprint density at radius 1 is 0.622 bits per heavy atom. The summed E-state index contributed by atoms with van der Waals surface area (Å²) < 4.78 is 11.0. The Bertz CT molecular complexity index is 1300. The average Bonchev–Trinajstić information content (AvgIpc) is 2.96. The van der Waals surface area contributed by atoms with Crippen molar-refractivity contribution >= 4 is 29.5 Å². The molecule has 0 aliphatic heterocycles. The van der Waals surface area contributed by atoms with Crippen molar-refractivity contribution in [3.63, 3.8) is 0 Å². The van der Waals surface area contributed by atoms with Gasteiger partial charge in [-0.1, -0.05) is 72.8 Å². The van der Waals surface area contributed by atoms with Crippen LogP contribution in [0, 0.1) is 0 Å². The second-order valence-corrected chi connectivity index (χ2v) is 8.79. The Labute approximate surface area is 221 Å². The van der Waals surface area contributed by atoms with Crippen LogP contribution in [-0.2, 0) is 0 Å². The molecule has 4 rings (SSSR count). The molecule has 4 aromatic carbocycles. The molecule has 188 valence electrons. The molecule has 0 unspecified atom stereocenters. The molecule has 0 aromatic heterocycles. The highest BCUT2D eigenvalue weighted by Crippen LogP contribution is 2.30. The summed E-state index contributed by atoms with van der Waals surface area (Å²) in [5.74, 6) is 1.66. The molecule has 0 aliphatic carbocycles. The topological polar surface area (TPSA) is 21.7 Å². The van der Waals surface area contributed by atoms with E-state index in [-0.39, 0.29) is 0 Å². The minimum atomic E-state index is 0.830. The van der Waals surface area contributed by atoms with Gasteiger partial charge in [-0.25, -0.2) is 0 Å². The van der Waals surface area contributed by atoms with Crippen LogP contribution in [0.2, 0.25) is 0 Å². The fourth-order valence-electron chi connectivity index (χ4n) is 4.36. The van der Waals surface area contributed by atoms with Gasteiger partial charge in [0.05, 0.1) is 14.2 Å². The van der Waals surface area contributed by atoms with Crippen LogP contribution in [0.25, 0.3) is 23.8 Å². The van der Waals surface area contributed by atoms with Crippen LogP contribution < -0.4 is 14.4 Å². The largest absolute Gasteiger partial charge is 0.497 e. The van der Waals surface area contributed by atoms with E-state index >= 15 is 0 Å². The molecule has 0 spiro atoms. The van der Waals surface area contributed by atoms with Gasteiger partial charge in [-0.3, -0.25) is 0 Å². The summed E-state index contributed by atoms with van der Waals surface area (Å²) in [5, 5.41) is 0. The van der Waals surface area contributed by atoms with Crippen LogP contribution in [0.1, 0.15) is 41.7 Å². The number of anilines is 1. The smallest absolute Gasteiger partial charge is 0.119 e. The molecule has 0 fully saturated rings. The average molecular weight is 490 g/mol. The molecule has 0 aliphatic rings. The lowest BCUT2D eigenvalue weighted by atomic mass is 9.95. The zero-order valence-corrected chi connectivity index (χ0v) is 22.1. The van der Waals surface area contributed by atoms with E-state index in [9.17, 15) is 0 Å². The number of hydrogen-bond donors (Lipinski definition) is 0. The molecular weight excluding hydrogens is 454 g/mol. The molecule has 0 bridgehead atoms. The van der Waals surface area contributed by atoms with Gasteiger partial charge in [0, 0.05) is 18.8 Å². The maximum Gasteiger partial charge on any atom is 0.119 e. The van der Waals surface area contributed by atoms with Crippen LogP contribution >= 0.6 is 0 Å². The lowest BCUT2D eigenvalue weighted by Crippen LogP contribution is -2.21. The Morgan fingerprint density at radius 3 is 1.54 bits per heavy atom. The Balaban J connectivity index is 1.59. The first-order valence-corrected chi connectivity index (χ1v) is 12.8. The first-order valence-electron chi connectivity index (χ1n) is 12.8. The van der Waals surface area contributed by atoms with E-state index in [1.807, 2.05) is 24.3 Å². The highest BCUT2D eigenvalue weighted by molar-refractivity contribution is 5.92. The molecule has 3 heteroatoms. The summed E-state index contributed by atoms with van der Waals surface area (Å²) in [5.41, 5.74) is 8.03. The summed E-state index contributed by atoms with van der Waals surface area (Å²) in [4.78, 5) is 2.35. The van der Waals surface area contributed by atoms with E-state index in [1.165, 1.54) is 11.3 Å². The van der Waals surface area contributed by atoms with Crippen molar-refractivity contribution < 1.29 is 9.47 Å². The van der Waals surface area contributed by atoms with Crippen molar-refractivity contribution in [1.82, 2.24) is 0 Å². The molecule has 0 atom stereocenters. The zero-order valence-electron chi connectivity index (χ0n) is 22.1. The van der Waals surface area contributed by atoms with E-state index in [0.29, 0.717) is 0 Å². The van der Waals surface area contributed by atoms with E-state index in [4.69, 9.17) is 9.47 Å². The normalized spacial score (nSPS) is 10.8. The molecule has 37 heavy (non-hydrogen) atoms. The molecule has 0 amide bonds. The predicted molar refractivity (Wildman–Crippen MR) is 158 cm³/mol. The number of hydrogen-bond acceptors (Lipinski definition) is 3. The minimum Gasteiger partial charge on any atom is -0.497 e. The van der Waals surface area contributed by atoms with Crippen LogP contribution in [0.4, 0.5) is 5.69 Å². The lowest BCUT2D eigenvalue weighted by molar-refractivity contribution is 0.414. The van der Waals surface area contributed by atoms with Crippen LogP contribution in [0.5, 0.6) is 11.5 Å². The van der Waals surface area contributed by atoms with Gasteiger partial charge in [0.1, 0.15) is 11.5 Å². The maximum absolute atomic E-state index is 5.48. The van der Waals surface area contributed by atoms with Crippen LogP contribution in [-0.4, -0.2) is 27.3 Å². The summed E-state index contributed by atoms with van der Waals surface area (Å²) in [7, 11) is 3.39. The third-order valence-electron chi connectivity index (χ3n) is 6.50. The van der Waals surface area contributed by atoms with Crippen molar-refractivity contribution in [3.05, 3.63) is 125 Å². The highest BCUT2D eigenvalue weighted by atomic mass is 16.5. The summed E-state index contributed by atoms with van der Waals surface area (Å²) in [6.07, 6.45) is 6.53. The maximum atomic E-state index is 5.48. The van der Waals surface area contributed by atoms with Crippen molar-refractivity contribution in [2.45, 2.75) is 13.8 Å². The van der Waals surface area contributed by atoms with Crippen LogP contribution in [0.15, 0.2) is 97.1 Å². The van der Waals surface area contributed by atoms with Crippen molar-refractivity contribution in [1.29, 1.82) is 0 Å². The first kappa shape index (κ1) is 25.8. The van der Waals surface area contributed by atoms with Gasteiger partial charge in [-0.2, -0.15) is 0 Å². The first-order chi connectivity index (χ1) is 18.1. The van der Waals surface area contributed by atoms with Gasteiger partial charge in [0.2, 0.25) is 0 Å². The monoisotopic (exact) mass is 489 g/mol. The molecule has 0 saturated heterocycles. The predicted octanol–water partition coefficient (Wildman–Crippen LogP) is 8.31.